The van der Waals surface area contributed by atoms with E-state index in [9.17, 15) is 9.59 Å². The summed E-state index contributed by atoms with van der Waals surface area (Å²) in [7, 11) is 0. The molecule has 2 fully saturated rings. The van der Waals surface area contributed by atoms with Gasteiger partial charge in [0.1, 0.15) is 0 Å². The molecule has 2 rings (SSSR count). The van der Waals surface area contributed by atoms with Crippen LogP contribution in [0.15, 0.2) is 0 Å². The Hall–Kier alpha value is -1.30. The van der Waals surface area contributed by atoms with Crippen LogP contribution >= 0.6 is 0 Å². The Morgan fingerprint density at radius 2 is 2.00 bits per heavy atom. The van der Waals surface area contributed by atoms with E-state index in [1.54, 1.807) is 4.90 Å². The van der Waals surface area contributed by atoms with E-state index in [1.807, 2.05) is 0 Å². The van der Waals surface area contributed by atoms with Crippen LogP contribution in [0.5, 0.6) is 0 Å². The minimum absolute atomic E-state index is 0.112. The van der Waals surface area contributed by atoms with Crippen molar-refractivity contribution >= 4 is 12.0 Å². The molecule has 0 aromatic rings. The summed E-state index contributed by atoms with van der Waals surface area (Å²) in [5.74, 6) is -1.21. The highest BCUT2D eigenvalue weighted by atomic mass is 16.4. The minimum Gasteiger partial charge on any atom is -0.481 e. The number of urea groups is 1. The first kappa shape index (κ1) is 15.1. The largest absolute Gasteiger partial charge is 0.481 e. The van der Waals surface area contributed by atoms with Crippen LogP contribution in [0.3, 0.4) is 0 Å². The number of nitrogens with one attached hydrogen (secondary N) is 1. The first-order valence-electron chi connectivity index (χ1n) is 7.61. The number of likely N-dealkylation sites (N-methyl/N-ethyl adjacent to an activating group) is 1. The number of carboxylic acid groups (broad SMARTS) is 1. The molecule has 6 heteroatoms. The maximum atomic E-state index is 12.1. The predicted molar refractivity (Wildman–Crippen MR) is 75.6 cm³/mol. The normalized spacial score (nSPS) is 27.6. The molecule has 0 aromatic carbocycles. The van der Waals surface area contributed by atoms with Gasteiger partial charge in [0.2, 0.25) is 0 Å². The molecule has 2 atom stereocenters. The van der Waals surface area contributed by atoms with Gasteiger partial charge in [-0.2, -0.15) is 0 Å². The van der Waals surface area contributed by atoms with Gasteiger partial charge in [-0.05, 0) is 38.8 Å². The summed E-state index contributed by atoms with van der Waals surface area (Å²) < 4.78 is 0. The molecule has 0 spiro atoms. The third kappa shape index (κ3) is 3.62. The highest BCUT2D eigenvalue weighted by Crippen LogP contribution is 2.18. The Balaban J connectivity index is 1.78. The topological polar surface area (TPSA) is 72.9 Å². The summed E-state index contributed by atoms with van der Waals surface area (Å²) >= 11 is 0. The number of likely N-dealkylation sites (tertiary alicyclic amines) is 2. The van der Waals surface area contributed by atoms with Gasteiger partial charge in [0, 0.05) is 25.7 Å². The number of rotatable bonds is 4. The predicted octanol–water partition coefficient (Wildman–Crippen LogP) is 0.977. The maximum Gasteiger partial charge on any atom is 0.317 e. The SMILES string of the molecule is CCN1CCCC1CNC(=O)N1CCCC(C(=O)O)C1. The summed E-state index contributed by atoms with van der Waals surface area (Å²) in [6.07, 6.45) is 3.77. The van der Waals surface area contributed by atoms with E-state index < -0.39 is 11.9 Å². The average Bonchev–Trinajstić information content (AvgIpc) is 2.92. The summed E-state index contributed by atoms with van der Waals surface area (Å²) in [5, 5.41) is 12.0. The van der Waals surface area contributed by atoms with E-state index in [-0.39, 0.29) is 6.03 Å². The van der Waals surface area contributed by atoms with Crippen LogP contribution in [0.4, 0.5) is 4.79 Å². The molecule has 2 aliphatic rings. The van der Waals surface area contributed by atoms with Crippen molar-refractivity contribution in [1.29, 1.82) is 0 Å². The third-order valence-electron chi connectivity index (χ3n) is 4.45. The Kier molecular flexibility index (Phi) is 5.23. The highest BCUT2D eigenvalue weighted by molar-refractivity contribution is 5.76. The van der Waals surface area contributed by atoms with Gasteiger partial charge in [0.15, 0.2) is 0 Å². The smallest absolute Gasteiger partial charge is 0.317 e. The summed E-state index contributed by atoms with van der Waals surface area (Å²) in [5.41, 5.74) is 0. The summed E-state index contributed by atoms with van der Waals surface area (Å²) in [6.45, 7) is 5.94. The molecule has 2 saturated heterocycles. The first-order valence-corrected chi connectivity index (χ1v) is 7.61. The molecule has 2 aliphatic heterocycles. The van der Waals surface area contributed by atoms with E-state index >= 15 is 0 Å². The maximum absolute atomic E-state index is 12.1. The molecule has 0 saturated carbocycles. The quantitative estimate of drug-likeness (QED) is 0.806. The van der Waals surface area contributed by atoms with Gasteiger partial charge >= 0.3 is 12.0 Å². The lowest BCUT2D eigenvalue weighted by Gasteiger charge is -2.31. The third-order valence-corrected chi connectivity index (χ3v) is 4.45. The molecule has 0 radical (unpaired) electrons. The van der Waals surface area contributed by atoms with Crippen molar-refractivity contribution in [2.45, 2.75) is 38.6 Å². The van der Waals surface area contributed by atoms with Crippen LogP contribution in [-0.2, 0) is 4.79 Å². The molecule has 2 N–H and O–H groups in total. The lowest BCUT2D eigenvalue weighted by atomic mass is 9.99. The van der Waals surface area contributed by atoms with Gasteiger partial charge in [0.25, 0.3) is 0 Å². The van der Waals surface area contributed by atoms with Crippen LogP contribution in [0, 0.1) is 5.92 Å². The fraction of sp³-hybridized carbons (Fsp3) is 0.857. The van der Waals surface area contributed by atoms with Crippen LogP contribution in [0.2, 0.25) is 0 Å². The number of carboxylic acids is 1. The van der Waals surface area contributed by atoms with E-state index in [0.717, 1.165) is 25.9 Å². The van der Waals surface area contributed by atoms with Crippen molar-refractivity contribution in [3.63, 3.8) is 0 Å². The molecule has 20 heavy (non-hydrogen) atoms. The van der Waals surface area contributed by atoms with Gasteiger partial charge in [-0.15, -0.1) is 0 Å². The van der Waals surface area contributed by atoms with Crippen molar-refractivity contribution in [2.24, 2.45) is 5.92 Å². The Bertz CT molecular complexity index is 362. The number of piperidine rings is 1. The minimum atomic E-state index is -0.796. The number of nitrogens with zero attached hydrogens (tertiary/aromatic N) is 2. The molecular weight excluding hydrogens is 258 g/mol. The zero-order chi connectivity index (χ0) is 14.5. The standard InChI is InChI=1S/C14H25N3O3/c1-2-16-7-4-6-12(16)9-15-14(20)17-8-3-5-11(10-17)13(18)19/h11-12H,2-10H2,1H3,(H,15,20)(H,18,19). The molecular formula is C14H25N3O3. The molecule has 2 unspecified atom stereocenters. The van der Waals surface area contributed by atoms with Crippen LogP contribution in [-0.4, -0.2) is 65.7 Å². The molecule has 0 aromatic heterocycles. The summed E-state index contributed by atoms with van der Waals surface area (Å²) in [4.78, 5) is 27.2. The average molecular weight is 283 g/mol. The van der Waals surface area contributed by atoms with Gasteiger partial charge in [-0.25, -0.2) is 4.79 Å². The summed E-state index contributed by atoms with van der Waals surface area (Å²) in [6, 6.07) is 0.322. The lowest BCUT2D eigenvalue weighted by Crippen LogP contribution is -2.49. The second kappa shape index (κ2) is 6.92. The fourth-order valence-electron chi connectivity index (χ4n) is 3.22. The highest BCUT2D eigenvalue weighted by Gasteiger charge is 2.29. The van der Waals surface area contributed by atoms with Gasteiger partial charge in [-0.3, -0.25) is 9.69 Å². The van der Waals surface area contributed by atoms with Crippen LogP contribution in [0.1, 0.15) is 32.6 Å². The van der Waals surface area contributed by atoms with Gasteiger partial charge in [-0.1, -0.05) is 6.92 Å². The monoisotopic (exact) mass is 283 g/mol. The second-order valence-corrected chi connectivity index (χ2v) is 5.73. The van der Waals surface area contributed by atoms with Crippen molar-refractivity contribution in [3.05, 3.63) is 0 Å². The van der Waals surface area contributed by atoms with E-state index in [1.165, 1.54) is 6.42 Å². The second-order valence-electron chi connectivity index (χ2n) is 5.73. The Morgan fingerprint density at radius 1 is 1.25 bits per heavy atom. The number of hydrogen-bond donors (Lipinski definition) is 2. The Morgan fingerprint density at radius 3 is 2.70 bits per heavy atom. The van der Waals surface area contributed by atoms with Crippen LogP contribution in [0.25, 0.3) is 0 Å². The molecule has 0 bridgehead atoms. The number of carbonyl (C=O) groups is 2. The van der Waals surface area contributed by atoms with Gasteiger partial charge < -0.3 is 15.3 Å². The molecule has 114 valence electrons. The Labute approximate surface area is 120 Å². The van der Waals surface area contributed by atoms with Gasteiger partial charge in [0.05, 0.1) is 5.92 Å². The zero-order valence-electron chi connectivity index (χ0n) is 12.2. The lowest BCUT2D eigenvalue weighted by molar-refractivity contribution is -0.143. The number of aliphatic carboxylic acids is 1. The van der Waals surface area contributed by atoms with E-state index in [2.05, 4.69) is 17.1 Å². The van der Waals surface area contributed by atoms with Crippen LogP contribution < -0.4 is 5.32 Å². The number of carbonyl (C=O) groups excluding carboxylic acids is 1. The van der Waals surface area contributed by atoms with E-state index in [4.69, 9.17) is 5.11 Å². The van der Waals surface area contributed by atoms with Crippen molar-refractivity contribution in [1.82, 2.24) is 15.1 Å². The van der Waals surface area contributed by atoms with Crippen molar-refractivity contribution < 1.29 is 14.7 Å². The van der Waals surface area contributed by atoms with E-state index in [0.29, 0.717) is 32.1 Å². The van der Waals surface area contributed by atoms with Crippen molar-refractivity contribution in [3.8, 4) is 0 Å². The molecule has 0 aliphatic carbocycles. The number of hydrogen-bond acceptors (Lipinski definition) is 3. The fourth-order valence-corrected chi connectivity index (χ4v) is 3.22. The van der Waals surface area contributed by atoms with Crippen molar-refractivity contribution in [2.75, 3.05) is 32.7 Å². The molecule has 2 heterocycles. The first-order chi connectivity index (χ1) is 9.61. The number of amides is 2. The zero-order valence-corrected chi connectivity index (χ0v) is 12.2. The molecule has 6 nitrogen and oxygen atoms in total. The molecule has 2 amide bonds.